The molecule has 0 atom stereocenters. The topological polar surface area (TPSA) is 76.7 Å². The highest BCUT2D eigenvalue weighted by Crippen LogP contribution is 2.26. The Hall–Kier alpha value is -3.80. The van der Waals surface area contributed by atoms with E-state index in [0.717, 1.165) is 22.4 Å². The van der Waals surface area contributed by atoms with Crippen molar-refractivity contribution < 1.29 is 19.1 Å². The molecule has 0 heterocycles. The number of amides is 2. The standard InChI is InChI=1S/C25H26N2O4/c1-16-9-10-17(2)24(18(16)3)31-15-23(28)26-20-13-11-19(12-14-20)25(29)27-21-7-5-6-8-22(21)30-4/h5-14H,15H2,1-4H3,(H,26,28)(H,27,29). The minimum Gasteiger partial charge on any atom is -0.495 e. The maximum atomic E-state index is 12.5. The van der Waals surface area contributed by atoms with Gasteiger partial charge in [-0.3, -0.25) is 9.59 Å². The second-order valence-electron chi connectivity index (χ2n) is 7.22. The molecule has 0 aliphatic rings. The molecule has 0 bridgehead atoms. The average molecular weight is 418 g/mol. The Balaban J connectivity index is 1.58. The lowest BCUT2D eigenvalue weighted by Gasteiger charge is -2.14. The quantitative estimate of drug-likeness (QED) is 0.573. The van der Waals surface area contributed by atoms with Crippen LogP contribution in [0.2, 0.25) is 0 Å². The Morgan fingerprint density at radius 2 is 1.52 bits per heavy atom. The van der Waals surface area contributed by atoms with Gasteiger partial charge < -0.3 is 20.1 Å². The van der Waals surface area contributed by atoms with Crippen molar-refractivity contribution in [1.29, 1.82) is 0 Å². The summed E-state index contributed by atoms with van der Waals surface area (Å²) in [6, 6.07) is 17.9. The Morgan fingerprint density at radius 1 is 0.839 bits per heavy atom. The third-order valence-corrected chi connectivity index (χ3v) is 5.01. The zero-order valence-corrected chi connectivity index (χ0v) is 18.1. The van der Waals surface area contributed by atoms with Crippen molar-refractivity contribution in [3.63, 3.8) is 0 Å². The van der Waals surface area contributed by atoms with Gasteiger partial charge >= 0.3 is 0 Å². The number of carbonyl (C=O) groups excluding carboxylic acids is 2. The number of hydrogen-bond acceptors (Lipinski definition) is 4. The second-order valence-corrected chi connectivity index (χ2v) is 7.22. The summed E-state index contributed by atoms with van der Waals surface area (Å²) in [6.07, 6.45) is 0. The number of rotatable bonds is 7. The van der Waals surface area contributed by atoms with Crippen LogP contribution in [0.25, 0.3) is 0 Å². The first-order valence-corrected chi connectivity index (χ1v) is 9.93. The van der Waals surface area contributed by atoms with E-state index in [-0.39, 0.29) is 18.4 Å². The summed E-state index contributed by atoms with van der Waals surface area (Å²) in [5, 5.41) is 5.60. The molecule has 0 aliphatic carbocycles. The van der Waals surface area contributed by atoms with Crippen molar-refractivity contribution in [3.05, 3.63) is 82.9 Å². The molecular weight excluding hydrogens is 392 g/mol. The van der Waals surface area contributed by atoms with Gasteiger partial charge in [0, 0.05) is 11.3 Å². The van der Waals surface area contributed by atoms with Gasteiger partial charge in [-0.15, -0.1) is 0 Å². The molecule has 6 nitrogen and oxygen atoms in total. The SMILES string of the molecule is COc1ccccc1NC(=O)c1ccc(NC(=O)COc2c(C)ccc(C)c2C)cc1. The predicted octanol–water partition coefficient (Wildman–Crippen LogP) is 4.89. The van der Waals surface area contributed by atoms with Crippen molar-refractivity contribution in [2.24, 2.45) is 0 Å². The number of carbonyl (C=O) groups is 2. The molecule has 0 unspecified atom stereocenters. The molecule has 31 heavy (non-hydrogen) atoms. The highest BCUT2D eigenvalue weighted by Gasteiger charge is 2.12. The predicted molar refractivity (Wildman–Crippen MR) is 122 cm³/mol. The van der Waals surface area contributed by atoms with Gasteiger partial charge in [0.25, 0.3) is 11.8 Å². The third kappa shape index (κ3) is 5.42. The van der Waals surface area contributed by atoms with Crippen LogP contribution in [-0.4, -0.2) is 25.5 Å². The summed E-state index contributed by atoms with van der Waals surface area (Å²) in [5.41, 5.74) is 4.76. The van der Waals surface area contributed by atoms with E-state index in [9.17, 15) is 9.59 Å². The number of ether oxygens (including phenoxy) is 2. The molecule has 3 rings (SSSR count). The minimum atomic E-state index is -0.272. The summed E-state index contributed by atoms with van der Waals surface area (Å²) < 4.78 is 11.0. The van der Waals surface area contributed by atoms with E-state index < -0.39 is 0 Å². The van der Waals surface area contributed by atoms with Crippen LogP contribution in [0.1, 0.15) is 27.0 Å². The third-order valence-electron chi connectivity index (χ3n) is 5.01. The first-order valence-electron chi connectivity index (χ1n) is 9.93. The molecule has 160 valence electrons. The number of aryl methyl sites for hydroxylation is 2. The fourth-order valence-corrected chi connectivity index (χ4v) is 3.13. The fourth-order valence-electron chi connectivity index (χ4n) is 3.13. The maximum absolute atomic E-state index is 12.5. The minimum absolute atomic E-state index is 0.0961. The van der Waals surface area contributed by atoms with Gasteiger partial charge in [0.2, 0.25) is 0 Å². The number of nitrogens with one attached hydrogen (secondary N) is 2. The molecule has 2 N–H and O–H groups in total. The fraction of sp³-hybridized carbons (Fsp3) is 0.200. The van der Waals surface area contributed by atoms with E-state index in [1.165, 1.54) is 0 Å². The van der Waals surface area contributed by atoms with Crippen molar-refractivity contribution in [3.8, 4) is 11.5 Å². The second kappa shape index (κ2) is 9.80. The van der Waals surface area contributed by atoms with Crippen LogP contribution < -0.4 is 20.1 Å². The summed E-state index contributed by atoms with van der Waals surface area (Å²) in [7, 11) is 1.55. The largest absolute Gasteiger partial charge is 0.495 e. The van der Waals surface area contributed by atoms with Crippen LogP contribution in [0.5, 0.6) is 11.5 Å². The van der Waals surface area contributed by atoms with E-state index in [0.29, 0.717) is 22.7 Å². The molecule has 3 aromatic carbocycles. The molecule has 2 amide bonds. The molecule has 0 saturated carbocycles. The van der Waals surface area contributed by atoms with Gasteiger partial charge in [-0.1, -0.05) is 24.3 Å². The Kier molecular flexibility index (Phi) is 6.92. The molecular formula is C25H26N2O4. The summed E-state index contributed by atoms with van der Waals surface area (Å²) >= 11 is 0. The number of benzene rings is 3. The van der Waals surface area contributed by atoms with E-state index >= 15 is 0 Å². The van der Waals surface area contributed by atoms with Gasteiger partial charge in [0.05, 0.1) is 12.8 Å². The van der Waals surface area contributed by atoms with E-state index in [1.807, 2.05) is 45.0 Å². The van der Waals surface area contributed by atoms with Crippen molar-refractivity contribution in [2.75, 3.05) is 24.4 Å². The molecule has 6 heteroatoms. The van der Waals surface area contributed by atoms with Gasteiger partial charge in [-0.05, 0) is 73.9 Å². The van der Waals surface area contributed by atoms with Crippen LogP contribution in [0, 0.1) is 20.8 Å². The zero-order valence-electron chi connectivity index (χ0n) is 18.1. The first-order chi connectivity index (χ1) is 14.9. The molecule has 0 radical (unpaired) electrons. The Labute approximate surface area is 182 Å². The van der Waals surface area contributed by atoms with Crippen molar-refractivity contribution in [2.45, 2.75) is 20.8 Å². The van der Waals surface area contributed by atoms with E-state index in [1.54, 1.807) is 43.5 Å². The molecule has 0 spiro atoms. The summed E-state index contributed by atoms with van der Waals surface area (Å²) in [6.45, 7) is 5.84. The van der Waals surface area contributed by atoms with Gasteiger partial charge in [-0.2, -0.15) is 0 Å². The molecule has 3 aromatic rings. The molecule has 0 aliphatic heterocycles. The molecule has 0 saturated heterocycles. The Bertz CT molecular complexity index is 1090. The first kappa shape index (κ1) is 21.9. The zero-order chi connectivity index (χ0) is 22.4. The lowest BCUT2D eigenvalue weighted by atomic mass is 10.1. The van der Waals surface area contributed by atoms with Crippen LogP contribution >= 0.6 is 0 Å². The highest BCUT2D eigenvalue weighted by molar-refractivity contribution is 6.05. The number of hydrogen-bond donors (Lipinski definition) is 2. The monoisotopic (exact) mass is 418 g/mol. The van der Waals surface area contributed by atoms with Gasteiger partial charge in [0.15, 0.2) is 6.61 Å². The summed E-state index contributed by atoms with van der Waals surface area (Å²) in [4.78, 5) is 24.8. The lowest BCUT2D eigenvalue weighted by Crippen LogP contribution is -2.21. The van der Waals surface area contributed by atoms with Gasteiger partial charge in [-0.25, -0.2) is 0 Å². The van der Waals surface area contributed by atoms with Crippen LogP contribution in [0.4, 0.5) is 11.4 Å². The van der Waals surface area contributed by atoms with E-state index in [2.05, 4.69) is 10.6 Å². The Morgan fingerprint density at radius 3 is 2.23 bits per heavy atom. The van der Waals surface area contributed by atoms with Crippen LogP contribution in [-0.2, 0) is 4.79 Å². The van der Waals surface area contributed by atoms with Crippen molar-refractivity contribution >= 4 is 23.2 Å². The van der Waals surface area contributed by atoms with Crippen LogP contribution in [0.3, 0.4) is 0 Å². The van der Waals surface area contributed by atoms with E-state index in [4.69, 9.17) is 9.47 Å². The number of anilines is 2. The molecule has 0 fully saturated rings. The molecule has 0 aromatic heterocycles. The highest BCUT2D eigenvalue weighted by atomic mass is 16.5. The average Bonchev–Trinajstić information content (AvgIpc) is 2.77. The normalized spacial score (nSPS) is 10.3. The van der Waals surface area contributed by atoms with Crippen molar-refractivity contribution in [1.82, 2.24) is 0 Å². The lowest BCUT2D eigenvalue weighted by molar-refractivity contribution is -0.118. The van der Waals surface area contributed by atoms with Crippen LogP contribution in [0.15, 0.2) is 60.7 Å². The number of para-hydroxylation sites is 2. The maximum Gasteiger partial charge on any atom is 0.262 e. The summed E-state index contributed by atoms with van der Waals surface area (Å²) in [5.74, 6) is 0.778. The smallest absolute Gasteiger partial charge is 0.262 e. The number of methoxy groups -OCH3 is 1. The van der Waals surface area contributed by atoms with Gasteiger partial charge in [0.1, 0.15) is 11.5 Å².